The molecule has 3 aromatic rings. The maximum Gasteiger partial charge on any atom is 0.104 e. The maximum absolute atomic E-state index is 6.43. The molecule has 0 radical (unpaired) electrons. The van der Waals surface area contributed by atoms with Gasteiger partial charge in [-0.15, -0.1) is 0 Å². The van der Waals surface area contributed by atoms with Crippen molar-refractivity contribution in [2.24, 2.45) is 0 Å². The lowest BCUT2D eigenvalue weighted by Gasteiger charge is -2.27. The van der Waals surface area contributed by atoms with Crippen molar-refractivity contribution in [1.82, 2.24) is 0 Å². The van der Waals surface area contributed by atoms with Crippen molar-refractivity contribution in [3.63, 3.8) is 0 Å². The van der Waals surface area contributed by atoms with Crippen LogP contribution in [0, 0.1) is 13.8 Å². The Balaban J connectivity index is 1.72. The summed E-state index contributed by atoms with van der Waals surface area (Å²) in [4.78, 5) is 0. The second-order valence-electron chi connectivity index (χ2n) is 9.23. The molecule has 32 heavy (non-hydrogen) atoms. The Bertz CT molecular complexity index is 1030. The van der Waals surface area contributed by atoms with Crippen molar-refractivity contribution < 1.29 is 18.9 Å². The van der Waals surface area contributed by atoms with Crippen LogP contribution in [-0.4, -0.2) is 38.6 Å². The highest BCUT2D eigenvalue weighted by Gasteiger charge is 2.29. The van der Waals surface area contributed by atoms with Gasteiger partial charge in [0.15, 0.2) is 0 Å². The standard InChI is InChI=1S/C28H34O4/c1-5-25(31-15-19-13-29-19)27-21-9-7-8-10-22(21)28(26(6-2)32-16-20-14-30-20)24-12-18(4)17(3)11-23(24)27/h7-12,19-20,25-26H,5-6,13-16H2,1-4H3. The summed E-state index contributed by atoms with van der Waals surface area (Å²) in [5.74, 6) is 0. The molecule has 4 heteroatoms. The summed E-state index contributed by atoms with van der Waals surface area (Å²) < 4.78 is 23.7. The number of ether oxygens (including phenoxy) is 4. The van der Waals surface area contributed by atoms with Gasteiger partial charge in [-0.3, -0.25) is 0 Å². The highest BCUT2D eigenvalue weighted by molar-refractivity contribution is 6.07. The predicted molar refractivity (Wildman–Crippen MR) is 128 cm³/mol. The molecule has 3 aromatic carbocycles. The third-order valence-corrected chi connectivity index (χ3v) is 6.88. The average Bonchev–Trinajstić information content (AvgIpc) is 3.71. The monoisotopic (exact) mass is 434 g/mol. The van der Waals surface area contributed by atoms with Crippen LogP contribution in [0.1, 0.15) is 61.2 Å². The van der Waals surface area contributed by atoms with Crippen LogP contribution in [0.4, 0.5) is 0 Å². The van der Waals surface area contributed by atoms with E-state index in [1.165, 1.54) is 43.8 Å². The molecule has 0 aromatic heterocycles. The molecule has 2 aliphatic rings. The molecule has 0 bridgehead atoms. The molecule has 170 valence electrons. The van der Waals surface area contributed by atoms with Gasteiger partial charge in [-0.1, -0.05) is 50.2 Å². The van der Waals surface area contributed by atoms with Crippen molar-refractivity contribution in [3.05, 3.63) is 58.7 Å². The Morgan fingerprint density at radius 2 is 1.16 bits per heavy atom. The van der Waals surface area contributed by atoms with Gasteiger partial charge < -0.3 is 18.9 Å². The van der Waals surface area contributed by atoms with Crippen molar-refractivity contribution >= 4 is 21.5 Å². The minimum atomic E-state index is 0.0311. The molecule has 4 nitrogen and oxygen atoms in total. The fourth-order valence-electron chi connectivity index (χ4n) is 4.78. The van der Waals surface area contributed by atoms with Crippen molar-refractivity contribution in [1.29, 1.82) is 0 Å². The Kier molecular flexibility index (Phi) is 6.22. The lowest BCUT2D eigenvalue weighted by molar-refractivity contribution is 0.0399. The van der Waals surface area contributed by atoms with Crippen molar-refractivity contribution in [3.8, 4) is 0 Å². The topological polar surface area (TPSA) is 43.5 Å². The van der Waals surface area contributed by atoms with E-state index in [-0.39, 0.29) is 24.4 Å². The van der Waals surface area contributed by atoms with Crippen LogP contribution in [0.5, 0.6) is 0 Å². The zero-order chi connectivity index (χ0) is 22.2. The summed E-state index contributed by atoms with van der Waals surface area (Å²) in [7, 11) is 0. The largest absolute Gasteiger partial charge is 0.371 e. The van der Waals surface area contributed by atoms with E-state index >= 15 is 0 Å². The lowest BCUT2D eigenvalue weighted by atomic mass is 9.84. The molecule has 0 saturated carbocycles. The first-order valence-corrected chi connectivity index (χ1v) is 12.0. The second-order valence-corrected chi connectivity index (χ2v) is 9.23. The van der Waals surface area contributed by atoms with E-state index in [9.17, 15) is 0 Å². The van der Waals surface area contributed by atoms with Crippen LogP contribution in [0.2, 0.25) is 0 Å². The first-order valence-electron chi connectivity index (χ1n) is 12.0. The van der Waals surface area contributed by atoms with Gasteiger partial charge in [-0.2, -0.15) is 0 Å². The molecule has 0 spiro atoms. The average molecular weight is 435 g/mol. The van der Waals surface area contributed by atoms with E-state index in [4.69, 9.17) is 18.9 Å². The summed E-state index contributed by atoms with van der Waals surface area (Å²) in [6.45, 7) is 11.8. The summed E-state index contributed by atoms with van der Waals surface area (Å²) >= 11 is 0. The van der Waals surface area contributed by atoms with Crippen LogP contribution in [0.3, 0.4) is 0 Å². The Labute approximate surface area is 190 Å². The van der Waals surface area contributed by atoms with Gasteiger partial charge in [0.2, 0.25) is 0 Å². The smallest absolute Gasteiger partial charge is 0.104 e. The Morgan fingerprint density at radius 1 is 0.750 bits per heavy atom. The van der Waals surface area contributed by atoms with Crippen LogP contribution < -0.4 is 0 Å². The fraction of sp³-hybridized carbons (Fsp3) is 0.500. The van der Waals surface area contributed by atoms with Crippen molar-refractivity contribution in [2.45, 2.75) is 65.0 Å². The van der Waals surface area contributed by atoms with Crippen molar-refractivity contribution in [2.75, 3.05) is 26.4 Å². The quantitative estimate of drug-likeness (QED) is 0.276. The number of rotatable bonds is 10. The Hall–Kier alpha value is -1.98. The molecule has 4 atom stereocenters. The molecular formula is C28H34O4. The van der Waals surface area contributed by atoms with Crippen LogP contribution in [0.15, 0.2) is 36.4 Å². The molecular weight excluding hydrogens is 400 g/mol. The minimum Gasteiger partial charge on any atom is -0.371 e. The second kappa shape index (κ2) is 9.11. The van der Waals surface area contributed by atoms with Gasteiger partial charge in [0, 0.05) is 0 Å². The lowest BCUT2D eigenvalue weighted by Crippen LogP contribution is -2.13. The minimum absolute atomic E-state index is 0.0311. The third-order valence-electron chi connectivity index (χ3n) is 6.88. The number of aryl methyl sites for hydroxylation is 2. The van der Waals surface area contributed by atoms with Crippen LogP contribution >= 0.6 is 0 Å². The Morgan fingerprint density at radius 3 is 1.50 bits per heavy atom. The third kappa shape index (κ3) is 4.29. The van der Waals surface area contributed by atoms with E-state index in [2.05, 4.69) is 64.1 Å². The van der Waals surface area contributed by atoms with Gasteiger partial charge in [0.1, 0.15) is 12.2 Å². The normalized spacial score (nSPS) is 21.8. The van der Waals surface area contributed by atoms with E-state index in [1.807, 2.05) is 0 Å². The highest BCUT2D eigenvalue weighted by Crippen LogP contribution is 2.43. The first-order chi connectivity index (χ1) is 15.6. The SMILES string of the molecule is CCC(OCC1CO1)c1c2ccccc2c(C(CC)OCC2CO2)c2cc(C)c(C)cc12. The van der Waals surface area contributed by atoms with Gasteiger partial charge in [-0.05, 0) is 70.5 Å². The van der Waals surface area contributed by atoms with Gasteiger partial charge >= 0.3 is 0 Å². The number of benzene rings is 3. The summed E-state index contributed by atoms with van der Waals surface area (Å²) in [5.41, 5.74) is 5.21. The summed E-state index contributed by atoms with van der Waals surface area (Å²) in [6.07, 6.45) is 2.42. The van der Waals surface area contributed by atoms with E-state index in [0.29, 0.717) is 13.2 Å². The number of hydrogen-bond acceptors (Lipinski definition) is 4. The molecule has 2 heterocycles. The maximum atomic E-state index is 6.43. The number of fused-ring (bicyclic) bond motifs is 2. The molecule has 5 rings (SSSR count). The fourth-order valence-corrected chi connectivity index (χ4v) is 4.78. The zero-order valence-electron chi connectivity index (χ0n) is 19.6. The molecule has 0 aliphatic carbocycles. The zero-order valence-corrected chi connectivity index (χ0v) is 19.6. The van der Waals surface area contributed by atoms with E-state index < -0.39 is 0 Å². The van der Waals surface area contributed by atoms with Crippen LogP contribution in [-0.2, 0) is 18.9 Å². The summed E-state index contributed by atoms with van der Waals surface area (Å²) in [6, 6.07) is 13.5. The van der Waals surface area contributed by atoms with Crippen LogP contribution in [0.25, 0.3) is 21.5 Å². The van der Waals surface area contributed by atoms with E-state index in [0.717, 1.165) is 26.1 Å². The van der Waals surface area contributed by atoms with Gasteiger partial charge in [0.05, 0.1) is 38.6 Å². The van der Waals surface area contributed by atoms with E-state index in [1.54, 1.807) is 0 Å². The highest BCUT2D eigenvalue weighted by atomic mass is 16.6. The predicted octanol–water partition coefficient (Wildman–Crippen LogP) is 6.34. The molecule has 0 N–H and O–H groups in total. The van der Waals surface area contributed by atoms with Gasteiger partial charge in [-0.25, -0.2) is 0 Å². The molecule has 2 aliphatic heterocycles. The first kappa shape index (κ1) is 21.8. The molecule has 4 unspecified atom stereocenters. The number of hydrogen-bond donors (Lipinski definition) is 0. The number of epoxide rings is 2. The summed E-state index contributed by atoms with van der Waals surface area (Å²) in [5, 5.41) is 5.11. The molecule has 2 fully saturated rings. The molecule has 2 saturated heterocycles. The van der Waals surface area contributed by atoms with Gasteiger partial charge in [0.25, 0.3) is 0 Å². The molecule has 0 amide bonds.